The van der Waals surface area contributed by atoms with Crippen LogP contribution in [0.25, 0.3) is 105 Å². The largest absolute Gasteiger partial charge is 0.292 e. The van der Waals surface area contributed by atoms with E-state index in [-0.39, 0.29) is 0 Å². The first kappa shape index (κ1) is 31.1. The van der Waals surface area contributed by atoms with E-state index in [9.17, 15) is 0 Å². The standard InChI is InChI=1S/C50H31N5/c1-2-11-34-28-35(20-19-32(34)10-1)48-38-12-3-5-14-40(38)49(41-15-6-4-13-39(41)48)37-29-43(33-23-26-51-27-24-33)54-44(30-37)36-21-22-47(53-31-36)55-45-17-8-7-16-42(45)50-46(55)18-9-25-52-50/h1-31H. The Morgan fingerprint density at radius 1 is 0.382 bits per heavy atom. The number of pyridine rings is 4. The van der Waals surface area contributed by atoms with Gasteiger partial charge in [-0.15, -0.1) is 0 Å². The molecular formula is C50H31N5. The molecular weight excluding hydrogens is 671 g/mol. The van der Waals surface area contributed by atoms with Gasteiger partial charge in [-0.05, 0) is 115 Å². The van der Waals surface area contributed by atoms with Crippen molar-refractivity contribution in [3.05, 3.63) is 189 Å². The van der Waals surface area contributed by atoms with Crippen LogP contribution in [0.2, 0.25) is 0 Å². The highest BCUT2D eigenvalue weighted by Gasteiger charge is 2.19. The van der Waals surface area contributed by atoms with Gasteiger partial charge in [-0.1, -0.05) is 103 Å². The summed E-state index contributed by atoms with van der Waals surface area (Å²) < 4.78 is 2.18. The molecule has 0 saturated carbocycles. The lowest BCUT2D eigenvalue weighted by molar-refractivity contribution is 1.08. The van der Waals surface area contributed by atoms with E-state index in [0.29, 0.717) is 0 Å². The van der Waals surface area contributed by atoms with Crippen molar-refractivity contribution in [1.29, 1.82) is 0 Å². The second-order valence-electron chi connectivity index (χ2n) is 13.9. The molecule has 6 aromatic carbocycles. The van der Waals surface area contributed by atoms with Crippen molar-refractivity contribution in [3.63, 3.8) is 0 Å². The maximum Gasteiger partial charge on any atom is 0.137 e. The van der Waals surface area contributed by atoms with Crippen molar-refractivity contribution in [2.75, 3.05) is 0 Å². The van der Waals surface area contributed by atoms with E-state index in [1.165, 1.54) is 49.0 Å². The second-order valence-corrected chi connectivity index (χ2v) is 13.9. The Labute approximate surface area is 316 Å². The molecule has 0 spiro atoms. The zero-order valence-electron chi connectivity index (χ0n) is 29.6. The Hall–Kier alpha value is -7.50. The molecule has 0 N–H and O–H groups in total. The third-order valence-corrected chi connectivity index (χ3v) is 10.8. The van der Waals surface area contributed by atoms with E-state index in [1.807, 2.05) is 43.0 Å². The molecule has 5 nitrogen and oxygen atoms in total. The molecule has 0 aliphatic rings. The van der Waals surface area contributed by atoms with E-state index in [1.54, 1.807) is 0 Å². The fraction of sp³-hybridized carbons (Fsp3) is 0. The molecule has 0 fully saturated rings. The first-order valence-corrected chi connectivity index (χ1v) is 18.4. The van der Waals surface area contributed by atoms with Crippen LogP contribution in [0.3, 0.4) is 0 Å². The van der Waals surface area contributed by atoms with E-state index in [0.717, 1.165) is 55.8 Å². The Bertz CT molecular complexity index is 3150. The molecule has 11 rings (SSSR count). The highest BCUT2D eigenvalue weighted by atomic mass is 15.1. The predicted octanol–water partition coefficient (Wildman–Crippen LogP) is 12.5. The van der Waals surface area contributed by atoms with Crippen molar-refractivity contribution in [2.24, 2.45) is 0 Å². The lowest BCUT2D eigenvalue weighted by atomic mass is 9.85. The summed E-state index contributed by atoms with van der Waals surface area (Å²) >= 11 is 0. The van der Waals surface area contributed by atoms with Gasteiger partial charge in [-0.2, -0.15) is 0 Å². The minimum absolute atomic E-state index is 0.828. The number of hydrogen-bond donors (Lipinski definition) is 0. The van der Waals surface area contributed by atoms with Crippen molar-refractivity contribution in [3.8, 4) is 50.6 Å². The van der Waals surface area contributed by atoms with E-state index < -0.39 is 0 Å². The predicted molar refractivity (Wildman–Crippen MR) is 226 cm³/mol. The molecule has 55 heavy (non-hydrogen) atoms. The van der Waals surface area contributed by atoms with Gasteiger partial charge in [0.1, 0.15) is 5.82 Å². The van der Waals surface area contributed by atoms with Crippen LogP contribution in [-0.2, 0) is 0 Å². The van der Waals surface area contributed by atoms with Crippen LogP contribution in [0.5, 0.6) is 0 Å². The first-order valence-electron chi connectivity index (χ1n) is 18.4. The van der Waals surface area contributed by atoms with Gasteiger partial charge in [0, 0.05) is 41.3 Å². The molecule has 0 bridgehead atoms. The summed E-state index contributed by atoms with van der Waals surface area (Å²) in [6.45, 7) is 0. The maximum atomic E-state index is 5.26. The molecule has 5 heteroatoms. The molecule has 256 valence electrons. The number of benzene rings is 6. The monoisotopic (exact) mass is 701 g/mol. The maximum absolute atomic E-state index is 5.26. The fourth-order valence-electron chi connectivity index (χ4n) is 8.29. The number of rotatable bonds is 5. The van der Waals surface area contributed by atoms with Crippen LogP contribution in [0.4, 0.5) is 0 Å². The van der Waals surface area contributed by atoms with Crippen molar-refractivity contribution in [1.82, 2.24) is 24.5 Å². The van der Waals surface area contributed by atoms with Crippen LogP contribution in [-0.4, -0.2) is 24.5 Å². The molecule has 5 aromatic heterocycles. The van der Waals surface area contributed by atoms with Crippen molar-refractivity contribution >= 4 is 54.3 Å². The van der Waals surface area contributed by atoms with Crippen molar-refractivity contribution < 1.29 is 0 Å². The minimum Gasteiger partial charge on any atom is -0.292 e. The fourth-order valence-corrected chi connectivity index (χ4v) is 8.29. The Morgan fingerprint density at radius 2 is 0.982 bits per heavy atom. The molecule has 0 unspecified atom stereocenters. The zero-order chi connectivity index (χ0) is 36.3. The topological polar surface area (TPSA) is 56.5 Å². The van der Waals surface area contributed by atoms with E-state index in [4.69, 9.17) is 15.0 Å². The molecule has 5 heterocycles. The third kappa shape index (κ3) is 5.09. The molecule has 0 aliphatic carbocycles. The zero-order valence-corrected chi connectivity index (χ0v) is 29.6. The number of hydrogen-bond acceptors (Lipinski definition) is 4. The Morgan fingerprint density at radius 3 is 1.69 bits per heavy atom. The van der Waals surface area contributed by atoms with Gasteiger partial charge in [-0.3, -0.25) is 14.5 Å². The van der Waals surface area contributed by atoms with Gasteiger partial charge < -0.3 is 0 Å². The van der Waals surface area contributed by atoms with Crippen LogP contribution in [0.15, 0.2) is 189 Å². The van der Waals surface area contributed by atoms with Crippen LogP contribution >= 0.6 is 0 Å². The van der Waals surface area contributed by atoms with Gasteiger partial charge >= 0.3 is 0 Å². The molecule has 0 atom stereocenters. The third-order valence-electron chi connectivity index (χ3n) is 10.8. The highest BCUT2D eigenvalue weighted by molar-refractivity contribution is 6.22. The number of aromatic nitrogens is 5. The summed E-state index contributed by atoms with van der Waals surface area (Å²) in [6, 6.07) is 58.1. The normalized spacial score (nSPS) is 11.6. The van der Waals surface area contributed by atoms with Gasteiger partial charge in [-0.25, -0.2) is 9.97 Å². The number of para-hydroxylation sites is 1. The first-order chi connectivity index (χ1) is 27.3. The van der Waals surface area contributed by atoms with E-state index in [2.05, 4.69) is 155 Å². The Balaban J connectivity index is 1.13. The average Bonchev–Trinajstić information content (AvgIpc) is 3.60. The smallest absolute Gasteiger partial charge is 0.137 e. The summed E-state index contributed by atoms with van der Waals surface area (Å²) in [4.78, 5) is 19.3. The Kier molecular flexibility index (Phi) is 7.10. The SMILES string of the molecule is c1ccc2cc(-c3c4ccccc4c(-c4cc(-c5ccncc5)nc(-c5ccc(-n6c7ccccc7c7ncccc76)nc5)c4)c4ccccc34)ccc2c1. The molecule has 0 amide bonds. The van der Waals surface area contributed by atoms with Gasteiger partial charge in [0.15, 0.2) is 0 Å². The number of nitrogens with zero attached hydrogens (tertiary/aromatic N) is 5. The second kappa shape index (κ2) is 12.6. The summed E-state index contributed by atoms with van der Waals surface area (Å²) in [6.07, 6.45) is 7.43. The van der Waals surface area contributed by atoms with Gasteiger partial charge in [0.05, 0.1) is 27.9 Å². The highest BCUT2D eigenvalue weighted by Crippen LogP contribution is 2.45. The van der Waals surface area contributed by atoms with Crippen LogP contribution < -0.4 is 0 Å². The quantitative estimate of drug-likeness (QED) is 0.168. The van der Waals surface area contributed by atoms with Crippen LogP contribution in [0.1, 0.15) is 0 Å². The lowest BCUT2D eigenvalue weighted by Gasteiger charge is -2.19. The lowest BCUT2D eigenvalue weighted by Crippen LogP contribution is -1.98. The van der Waals surface area contributed by atoms with Gasteiger partial charge in [0.25, 0.3) is 0 Å². The average molecular weight is 702 g/mol. The summed E-state index contributed by atoms with van der Waals surface area (Å²) in [5.41, 5.74) is 11.4. The minimum atomic E-state index is 0.828. The summed E-state index contributed by atoms with van der Waals surface area (Å²) in [7, 11) is 0. The molecule has 0 aliphatic heterocycles. The summed E-state index contributed by atoms with van der Waals surface area (Å²) in [5, 5.41) is 8.37. The molecule has 0 radical (unpaired) electrons. The van der Waals surface area contributed by atoms with E-state index >= 15 is 0 Å². The van der Waals surface area contributed by atoms with Crippen molar-refractivity contribution in [2.45, 2.75) is 0 Å². The van der Waals surface area contributed by atoms with Gasteiger partial charge in [0.2, 0.25) is 0 Å². The molecule has 11 aromatic rings. The number of fused-ring (bicyclic) bond motifs is 6. The summed E-state index contributed by atoms with van der Waals surface area (Å²) in [5.74, 6) is 0.828. The van der Waals surface area contributed by atoms with Crippen LogP contribution in [0, 0.1) is 0 Å². The molecule has 0 saturated heterocycles.